The number of hydrogen-bond acceptors (Lipinski definition) is 5. The molecule has 0 bridgehead atoms. The van der Waals surface area contributed by atoms with E-state index in [1.165, 1.54) is 19.3 Å². The van der Waals surface area contributed by atoms with Crippen LogP contribution in [0.1, 0.15) is 124 Å². The number of thioether (sulfide) groups is 1. The van der Waals surface area contributed by atoms with Crippen molar-refractivity contribution in [3.8, 4) is 0 Å². The minimum atomic E-state index is -0.773. The molecule has 6 heteroatoms. The molecule has 0 spiro atoms. The molecule has 5 atom stereocenters. The molecule has 2 saturated heterocycles. The summed E-state index contributed by atoms with van der Waals surface area (Å²) < 4.78 is 13.2. The summed E-state index contributed by atoms with van der Waals surface area (Å²) in [5.41, 5.74) is 0.00799. The maximum absolute atomic E-state index is 13.2. The van der Waals surface area contributed by atoms with E-state index in [0.29, 0.717) is 22.7 Å². The average Bonchev–Trinajstić information content (AvgIpc) is 2.81. The Kier molecular flexibility index (Phi) is 13.3. The molecular formula is C28H52O4S2. The van der Waals surface area contributed by atoms with Crippen LogP contribution in [-0.2, 0) is 16.0 Å². The molecule has 0 aromatic carbocycles. The largest absolute Gasteiger partial charge is 0.616 e. The maximum atomic E-state index is 13.2. The molecule has 0 aliphatic carbocycles. The molecule has 2 aliphatic rings. The Bertz CT molecular complexity index is 595. The van der Waals surface area contributed by atoms with Crippen LogP contribution in [0.5, 0.6) is 0 Å². The third-order valence-electron chi connectivity index (χ3n) is 8.00. The quantitative estimate of drug-likeness (QED) is 0.194. The number of rotatable bonds is 15. The van der Waals surface area contributed by atoms with Crippen LogP contribution in [0.4, 0.5) is 0 Å². The Hall–Kier alpha value is 0.250. The Balaban J connectivity index is 1.71. The molecule has 0 radical (unpaired) electrons. The Morgan fingerprint density at radius 2 is 1.41 bits per heavy atom. The number of unbranched alkanes of at least 4 members (excludes halogenated alkanes) is 2. The van der Waals surface area contributed by atoms with E-state index in [-0.39, 0.29) is 34.5 Å². The van der Waals surface area contributed by atoms with Gasteiger partial charge in [-0.3, -0.25) is 4.79 Å². The van der Waals surface area contributed by atoms with Crippen LogP contribution in [0.2, 0.25) is 0 Å². The lowest BCUT2D eigenvalue weighted by Gasteiger charge is -2.34. The standard InChI is InChI=1S/C28H52O4S2/c1-27(2,20-29)18-7-5-10-22-14-16-25(31)26(33-22)17-15-24-13-9-12-23(34(24)32)11-6-8-19-28(3,4)21-30/h22-24,26,29-30H,5-21H2,1-4H3. The van der Waals surface area contributed by atoms with Crippen molar-refractivity contribution in [1.29, 1.82) is 0 Å². The summed E-state index contributed by atoms with van der Waals surface area (Å²) >= 11 is 1.12. The van der Waals surface area contributed by atoms with Crippen LogP contribution < -0.4 is 0 Å². The van der Waals surface area contributed by atoms with Gasteiger partial charge in [-0.15, -0.1) is 11.8 Å². The maximum Gasteiger partial charge on any atom is 0.145 e. The fourth-order valence-electron chi connectivity index (χ4n) is 5.33. The molecule has 0 aromatic heterocycles. The monoisotopic (exact) mass is 516 g/mol. The first-order chi connectivity index (χ1) is 16.1. The highest BCUT2D eigenvalue weighted by Crippen LogP contribution is 2.38. The van der Waals surface area contributed by atoms with E-state index >= 15 is 0 Å². The molecule has 2 rings (SSSR count). The first-order valence-electron chi connectivity index (χ1n) is 13.9. The number of ketones is 1. The van der Waals surface area contributed by atoms with Crippen LogP contribution >= 0.6 is 11.8 Å². The fraction of sp³-hybridized carbons (Fsp3) is 0.964. The van der Waals surface area contributed by atoms with Crippen LogP contribution in [0, 0.1) is 10.8 Å². The van der Waals surface area contributed by atoms with Crippen molar-refractivity contribution in [3.63, 3.8) is 0 Å². The van der Waals surface area contributed by atoms with Gasteiger partial charge < -0.3 is 14.8 Å². The predicted molar refractivity (Wildman–Crippen MR) is 147 cm³/mol. The van der Waals surface area contributed by atoms with E-state index in [1.54, 1.807) is 0 Å². The van der Waals surface area contributed by atoms with E-state index < -0.39 is 11.2 Å². The highest BCUT2D eigenvalue weighted by molar-refractivity contribution is 8.01. The second-order valence-electron chi connectivity index (χ2n) is 12.5. The summed E-state index contributed by atoms with van der Waals surface area (Å²) in [6.07, 6.45) is 15.6. The second-order valence-corrected chi connectivity index (χ2v) is 16.0. The predicted octanol–water partition coefficient (Wildman–Crippen LogP) is 6.43. The van der Waals surface area contributed by atoms with Gasteiger partial charge in [0.2, 0.25) is 0 Å². The van der Waals surface area contributed by atoms with Crippen molar-refractivity contribution >= 4 is 28.7 Å². The molecule has 200 valence electrons. The van der Waals surface area contributed by atoms with Gasteiger partial charge >= 0.3 is 0 Å². The van der Waals surface area contributed by atoms with Crippen molar-refractivity contribution in [2.24, 2.45) is 10.8 Å². The smallest absolute Gasteiger partial charge is 0.145 e. The summed E-state index contributed by atoms with van der Waals surface area (Å²) in [6.45, 7) is 8.92. The van der Waals surface area contributed by atoms with Crippen molar-refractivity contribution in [2.45, 2.75) is 145 Å². The normalized spacial score (nSPS) is 28.9. The number of hydrogen-bond donors (Lipinski definition) is 2. The van der Waals surface area contributed by atoms with Crippen LogP contribution in [0.3, 0.4) is 0 Å². The molecule has 0 saturated carbocycles. The average molecular weight is 517 g/mol. The number of Topliss-reactive ketones (excluding diaryl/α,β-unsaturated/α-hetero) is 1. The number of aliphatic hydroxyl groups excluding tert-OH is 2. The van der Waals surface area contributed by atoms with Gasteiger partial charge in [0.15, 0.2) is 0 Å². The van der Waals surface area contributed by atoms with Crippen molar-refractivity contribution in [1.82, 2.24) is 0 Å². The number of carbonyl (C=O) groups is 1. The highest BCUT2D eigenvalue weighted by atomic mass is 32.2. The van der Waals surface area contributed by atoms with E-state index in [0.717, 1.165) is 70.6 Å². The minimum absolute atomic E-state index is 0.00761. The Labute approximate surface area is 217 Å². The molecule has 2 fully saturated rings. The first-order valence-corrected chi connectivity index (χ1v) is 16.1. The topological polar surface area (TPSA) is 80.6 Å². The molecular weight excluding hydrogens is 464 g/mol. The van der Waals surface area contributed by atoms with E-state index in [9.17, 15) is 19.6 Å². The summed E-state index contributed by atoms with van der Waals surface area (Å²) in [5, 5.41) is 20.1. The molecule has 4 nitrogen and oxygen atoms in total. The summed E-state index contributed by atoms with van der Waals surface area (Å²) in [6, 6.07) is 0. The lowest BCUT2D eigenvalue weighted by Crippen LogP contribution is -2.37. The van der Waals surface area contributed by atoms with Gasteiger partial charge in [0.1, 0.15) is 16.3 Å². The van der Waals surface area contributed by atoms with E-state index in [4.69, 9.17) is 0 Å². The van der Waals surface area contributed by atoms with Gasteiger partial charge in [-0.05, 0) is 92.6 Å². The molecule has 2 heterocycles. The fourth-order valence-corrected chi connectivity index (χ4v) is 9.00. The van der Waals surface area contributed by atoms with E-state index in [2.05, 4.69) is 27.7 Å². The van der Waals surface area contributed by atoms with Gasteiger partial charge in [0, 0.05) is 24.9 Å². The Morgan fingerprint density at radius 3 is 2.00 bits per heavy atom. The summed E-state index contributed by atoms with van der Waals surface area (Å²) in [7, 11) is 0. The zero-order valence-electron chi connectivity index (χ0n) is 22.4. The SMILES string of the molecule is CC(C)(CO)CCCCC1CCC(=O)C(CCC2CCCC(CCCCC(C)(C)CO)[S+]2[O-])S1. The zero-order valence-corrected chi connectivity index (χ0v) is 24.0. The van der Waals surface area contributed by atoms with Gasteiger partial charge in [-0.2, -0.15) is 0 Å². The molecule has 2 N–H and O–H groups in total. The van der Waals surface area contributed by atoms with Crippen LogP contribution in [0.25, 0.3) is 0 Å². The van der Waals surface area contributed by atoms with Gasteiger partial charge in [0.25, 0.3) is 0 Å². The highest BCUT2D eigenvalue weighted by Gasteiger charge is 2.37. The van der Waals surface area contributed by atoms with Gasteiger partial charge in [0.05, 0.1) is 5.25 Å². The lowest BCUT2D eigenvalue weighted by molar-refractivity contribution is -0.119. The van der Waals surface area contributed by atoms with Crippen molar-refractivity contribution < 1.29 is 19.6 Å². The molecule has 2 aliphatic heterocycles. The first kappa shape index (κ1) is 30.5. The number of carbonyl (C=O) groups excluding carboxylic acids is 1. The lowest BCUT2D eigenvalue weighted by atomic mass is 9.87. The second kappa shape index (κ2) is 14.9. The Morgan fingerprint density at radius 1 is 0.853 bits per heavy atom. The summed E-state index contributed by atoms with van der Waals surface area (Å²) in [4.78, 5) is 12.6. The van der Waals surface area contributed by atoms with Crippen LogP contribution in [0.15, 0.2) is 0 Å². The van der Waals surface area contributed by atoms with Gasteiger partial charge in [-0.25, -0.2) is 0 Å². The van der Waals surface area contributed by atoms with Crippen LogP contribution in [-0.4, -0.2) is 54.8 Å². The number of aliphatic hydroxyl groups is 2. The third-order valence-corrected chi connectivity index (χ3v) is 11.9. The molecule has 0 amide bonds. The molecule has 0 aromatic rings. The molecule has 34 heavy (non-hydrogen) atoms. The minimum Gasteiger partial charge on any atom is -0.616 e. The summed E-state index contributed by atoms with van der Waals surface area (Å²) in [5.74, 6) is 0.410. The zero-order chi connectivity index (χ0) is 25.2. The van der Waals surface area contributed by atoms with Crippen molar-refractivity contribution in [2.75, 3.05) is 13.2 Å². The third kappa shape index (κ3) is 10.7. The van der Waals surface area contributed by atoms with Gasteiger partial charge in [-0.1, -0.05) is 47.0 Å². The molecule has 5 unspecified atom stereocenters. The van der Waals surface area contributed by atoms with E-state index in [1.807, 2.05) is 11.8 Å². The van der Waals surface area contributed by atoms with Crippen molar-refractivity contribution in [3.05, 3.63) is 0 Å².